The van der Waals surface area contributed by atoms with Crippen molar-refractivity contribution in [2.45, 2.75) is 6.54 Å². The molecule has 94 valence electrons. The number of hydrogen-bond donors (Lipinski definition) is 1. The van der Waals surface area contributed by atoms with E-state index in [4.69, 9.17) is 10.5 Å². The molecule has 0 aromatic heterocycles. The van der Waals surface area contributed by atoms with E-state index in [9.17, 15) is 0 Å². The van der Waals surface area contributed by atoms with Crippen molar-refractivity contribution in [1.82, 2.24) is 4.90 Å². The van der Waals surface area contributed by atoms with Gasteiger partial charge in [0.25, 0.3) is 0 Å². The molecular weight excluding hydrogens is 329 g/mol. The van der Waals surface area contributed by atoms with Crippen molar-refractivity contribution < 1.29 is 4.74 Å². The van der Waals surface area contributed by atoms with Crippen LogP contribution >= 0.6 is 24.0 Å². The second-order valence-electron chi connectivity index (χ2n) is 3.76. The molecule has 0 bridgehead atoms. The largest absolute Gasteiger partial charge is 0.378 e. The number of nitrogens with zero attached hydrogens (tertiary/aromatic N) is 2. The highest BCUT2D eigenvalue weighted by atomic mass is 127. The Kier molecular flexibility index (Phi) is 6.28. The molecule has 0 radical (unpaired) electrons. The van der Waals surface area contributed by atoms with Crippen molar-refractivity contribution in [1.29, 1.82) is 0 Å². The lowest BCUT2D eigenvalue weighted by Gasteiger charge is -2.27. The Bertz CT molecular complexity index is 350. The Hall–Kier alpha value is -0.820. The molecule has 4 nitrogen and oxygen atoms in total. The quantitative estimate of drug-likeness (QED) is 0.501. The Labute approximate surface area is 119 Å². The number of hydrogen-bond acceptors (Lipinski definition) is 2. The van der Waals surface area contributed by atoms with Crippen LogP contribution in [0.5, 0.6) is 0 Å². The highest BCUT2D eigenvalue weighted by molar-refractivity contribution is 14.0. The van der Waals surface area contributed by atoms with Crippen LogP contribution in [0.3, 0.4) is 0 Å². The predicted octanol–water partition coefficient (Wildman–Crippen LogP) is 1.45. The molecule has 1 aromatic carbocycles. The Morgan fingerprint density at radius 2 is 1.88 bits per heavy atom. The van der Waals surface area contributed by atoms with Crippen LogP contribution in [0.25, 0.3) is 0 Å². The van der Waals surface area contributed by atoms with E-state index < -0.39 is 0 Å². The van der Waals surface area contributed by atoms with Gasteiger partial charge >= 0.3 is 0 Å². The molecule has 5 heteroatoms. The van der Waals surface area contributed by atoms with Gasteiger partial charge in [-0.15, -0.1) is 24.0 Å². The molecule has 17 heavy (non-hydrogen) atoms. The van der Waals surface area contributed by atoms with E-state index >= 15 is 0 Å². The lowest BCUT2D eigenvalue weighted by atomic mass is 10.2. The van der Waals surface area contributed by atoms with Gasteiger partial charge in [0.1, 0.15) is 0 Å². The van der Waals surface area contributed by atoms with Crippen molar-refractivity contribution >= 4 is 29.9 Å². The van der Waals surface area contributed by atoms with Crippen LogP contribution in [0.2, 0.25) is 0 Å². The summed E-state index contributed by atoms with van der Waals surface area (Å²) in [4.78, 5) is 6.44. The van der Waals surface area contributed by atoms with E-state index in [1.54, 1.807) is 0 Å². The molecule has 0 spiro atoms. The van der Waals surface area contributed by atoms with Crippen molar-refractivity contribution in [3.63, 3.8) is 0 Å². The highest BCUT2D eigenvalue weighted by Crippen LogP contribution is 2.02. The Morgan fingerprint density at radius 1 is 1.24 bits per heavy atom. The predicted molar refractivity (Wildman–Crippen MR) is 79.6 cm³/mol. The fraction of sp³-hybridized carbons (Fsp3) is 0.417. The Morgan fingerprint density at radius 3 is 2.53 bits per heavy atom. The second-order valence-corrected chi connectivity index (χ2v) is 3.76. The van der Waals surface area contributed by atoms with Crippen LogP contribution in [-0.4, -0.2) is 37.2 Å². The van der Waals surface area contributed by atoms with Crippen molar-refractivity contribution in [3.8, 4) is 0 Å². The minimum Gasteiger partial charge on any atom is -0.378 e. The summed E-state index contributed by atoms with van der Waals surface area (Å²) in [6, 6.07) is 10.1. The van der Waals surface area contributed by atoms with Crippen LogP contribution in [-0.2, 0) is 11.3 Å². The van der Waals surface area contributed by atoms with E-state index in [-0.39, 0.29) is 24.0 Å². The van der Waals surface area contributed by atoms with Crippen molar-refractivity contribution in [3.05, 3.63) is 35.9 Å². The number of benzene rings is 1. The standard InChI is InChI=1S/C12H17N3O.HI/c13-12(15-6-8-16-9-7-15)14-10-11-4-2-1-3-5-11;/h1-5H,6-10H2,(H2,13,14);1H. The number of rotatable bonds is 2. The molecule has 0 aliphatic carbocycles. The fourth-order valence-electron chi connectivity index (χ4n) is 1.65. The third kappa shape index (κ3) is 4.51. The van der Waals surface area contributed by atoms with Crippen LogP contribution in [0.4, 0.5) is 0 Å². The van der Waals surface area contributed by atoms with Gasteiger partial charge in [-0.2, -0.15) is 0 Å². The average molecular weight is 347 g/mol. The minimum absolute atomic E-state index is 0. The molecule has 1 heterocycles. The maximum absolute atomic E-state index is 5.92. The smallest absolute Gasteiger partial charge is 0.191 e. The molecular formula is C12H18IN3O. The van der Waals surface area contributed by atoms with Crippen LogP contribution in [0, 0.1) is 0 Å². The van der Waals surface area contributed by atoms with Gasteiger partial charge in [0, 0.05) is 13.1 Å². The summed E-state index contributed by atoms with van der Waals surface area (Å²) in [5.74, 6) is 0.618. The monoisotopic (exact) mass is 347 g/mol. The van der Waals surface area contributed by atoms with E-state index in [1.807, 2.05) is 18.2 Å². The third-order valence-corrected chi connectivity index (χ3v) is 2.60. The van der Waals surface area contributed by atoms with Crippen LogP contribution in [0.1, 0.15) is 5.56 Å². The lowest BCUT2D eigenvalue weighted by molar-refractivity contribution is 0.0674. The van der Waals surface area contributed by atoms with Gasteiger partial charge in [0.15, 0.2) is 5.96 Å². The van der Waals surface area contributed by atoms with Gasteiger partial charge in [-0.3, -0.25) is 0 Å². The number of morpholine rings is 1. The first kappa shape index (κ1) is 14.2. The molecule has 1 aromatic rings. The number of ether oxygens (including phenoxy) is 1. The van der Waals surface area contributed by atoms with Crippen LogP contribution < -0.4 is 5.73 Å². The molecule has 0 saturated carbocycles. The van der Waals surface area contributed by atoms with E-state index in [2.05, 4.69) is 22.0 Å². The molecule has 0 unspecified atom stereocenters. The third-order valence-electron chi connectivity index (χ3n) is 2.60. The summed E-state index contributed by atoms with van der Waals surface area (Å²) in [7, 11) is 0. The van der Waals surface area contributed by atoms with Gasteiger partial charge in [0.05, 0.1) is 19.8 Å². The molecule has 1 aliphatic rings. The molecule has 0 atom stereocenters. The molecule has 2 rings (SSSR count). The fourth-order valence-corrected chi connectivity index (χ4v) is 1.65. The second kappa shape index (κ2) is 7.50. The van der Waals surface area contributed by atoms with Crippen molar-refractivity contribution in [2.24, 2.45) is 10.7 Å². The summed E-state index contributed by atoms with van der Waals surface area (Å²) >= 11 is 0. The summed E-state index contributed by atoms with van der Waals surface area (Å²) in [5.41, 5.74) is 7.10. The SMILES string of the molecule is I.NC(=NCc1ccccc1)N1CCOCC1. The summed E-state index contributed by atoms with van der Waals surface area (Å²) < 4.78 is 5.26. The zero-order valence-electron chi connectivity index (χ0n) is 9.71. The van der Waals surface area contributed by atoms with Gasteiger partial charge < -0.3 is 15.4 Å². The molecule has 1 saturated heterocycles. The van der Waals surface area contributed by atoms with E-state index in [0.717, 1.165) is 26.3 Å². The summed E-state index contributed by atoms with van der Waals surface area (Å²) in [5, 5.41) is 0. The van der Waals surface area contributed by atoms with E-state index in [1.165, 1.54) is 5.56 Å². The Balaban J connectivity index is 0.00000144. The number of guanidine groups is 1. The summed E-state index contributed by atoms with van der Waals surface area (Å²) in [6.45, 7) is 3.79. The van der Waals surface area contributed by atoms with Gasteiger partial charge in [-0.05, 0) is 5.56 Å². The minimum atomic E-state index is 0. The first-order chi connectivity index (χ1) is 7.86. The van der Waals surface area contributed by atoms with Gasteiger partial charge in [-0.25, -0.2) is 4.99 Å². The van der Waals surface area contributed by atoms with E-state index in [0.29, 0.717) is 12.5 Å². The molecule has 2 N–H and O–H groups in total. The number of aliphatic imine (C=N–C) groups is 1. The molecule has 1 aliphatic heterocycles. The summed E-state index contributed by atoms with van der Waals surface area (Å²) in [6.07, 6.45) is 0. The first-order valence-electron chi connectivity index (χ1n) is 5.53. The molecule has 1 fully saturated rings. The normalized spacial score (nSPS) is 16.5. The number of halogens is 1. The maximum atomic E-state index is 5.92. The van der Waals surface area contributed by atoms with Crippen molar-refractivity contribution in [2.75, 3.05) is 26.3 Å². The lowest BCUT2D eigenvalue weighted by Crippen LogP contribution is -2.44. The number of nitrogens with two attached hydrogens (primary N) is 1. The average Bonchev–Trinajstić information content (AvgIpc) is 2.38. The highest BCUT2D eigenvalue weighted by Gasteiger charge is 2.11. The first-order valence-corrected chi connectivity index (χ1v) is 5.53. The maximum Gasteiger partial charge on any atom is 0.191 e. The van der Waals surface area contributed by atoms with Gasteiger partial charge in [-0.1, -0.05) is 30.3 Å². The zero-order valence-corrected chi connectivity index (χ0v) is 12.0. The zero-order chi connectivity index (χ0) is 11.2. The molecule has 0 amide bonds. The van der Waals surface area contributed by atoms with Gasteiger partial charge in [0.2, 0.25) is 0 Å². The topological polar surface area (TPSA) is 50.8 Å². The van der Waals surface area contributed by atoms with Crippen LogP contribution in [0.15, 0.2) is 35.3 Å².